The molecule has 9 heteroatoms. The lowest BCUT2D eigenvalue weighted by molar-refractivity contribution is -0.121. The molecule has 0 aliphatic rings. The number of aromatic nitrogens is 3. The molecule has 1 amide bonds. The molecule has 0 saturated heterocycles. The summed E-state index contributed by atoms with van der Waals surface area (Å²) in [6.45, 7) is 3.84. The maximum atomic E-state index is 11.5. The number of rotatable bonds is 10. The van der Waals surface area contributed by atoms with Crippen molar-refractivity contribution in [2.75, 3.05) is 44.5 Å². The van der Waals surface area contributed by atoms with Crippen LogP contribution in [0.3, 0.4) is 0 Å². The molecule has 0 fully saturated rings. The van der Waals surface area contributed by atoms with Crippen molar-refractivity contribution >= 4 is 17.8 Å². The van der Waals surface area contributed by atoms with E-state index in [0.717, 1.165) is 6.42 Å². The summed E-state index contributed by atoms with van der Waals surface area (Å²) in [5, 5.41) is 5.62. The summed E-state index contributed by atoms with van der Waals surface area (Å²) in [6, 6.07) is 0.177. The summed E-state index contributed by atoms with van der Waals surface area (Å²) in [5.41, 5.74) is 5.57. The van der Waals surface area contributed by atoms with E-state index >= 15 is 0 Å². The van der Waals surface area contributed by atoms with Crippen molar-refractivity contribution in [1.29, 1.82) is 0 Å². The number of hydrogen-bond donors (Lipinski definition) is 3. The molecule has 4 N–H and O–H groups in total. The summed E-state index contributed by atoms with van der Waals surface area (Å²) in [6.07, 6.45) is 1.14. The lowest BCUT2D eigenvalue weighted by Gasteiger charge is -2.08. The van der Waals surface area contributed by atoms with Crippen LogP contribution >= 0.6 is 0 Å². The highest BCUT2D eigenvalue weighted by Crippen LogP contribution is 2.08. The van der Waals surface area contributed by atoms with Crippen LogP contribution in [-0.2, 0) is 9.53 Å². The second-order valence-electron chi connectivity index (χ2n) is 4.17. The number of carbonyl (C=O) groups excluding carboxylic acids is 1. The van der Waals surface area contributed by atoms with E-state index in [4.69, 9.17) is 15.2 Å². The van der Waals surface area contributed by atoms with Crippen LogP contribution in [0.4, 0.5) is 11.9 Å². The molecule has 0 bridgehead atoms. The van der Waals surface area contributed by atoms with E-state index in [9.17, 15) is 4.79 Å². The van der Waals surface area contributed by atoms with Crippen molar-refractivity contribution in [1.82, 2.24) is 20.3 Å². The first-order valence-corrected chi connectivity index (χ1v) is 6.79. The van der Waals surface area contributed by atoms with Crippen LogP contribution in [0.5, 0.6) is 6.01 Å². The van der Waals surface area contributed by atoms with Gasteiger partial charge in [-0.3, -0.25) is 4.79 Å². The van der Waals surface area contributed by atoms with E-state index in [1.807, 2.05) is 6.92 Å². The van der Waals surface area contributed by atoms with Crippen LogP contribution in [0.2, 0.25) is 0 Å². The van der Waals surface area contributed by atoms with Gasteiger partial charge in [-0.05, 0) is 6.42 Å². The van der Waals surface area contributed by atoms with Gasteiger partial charge in [0.15, 0.2) is 0 Å². The molecule has 1 rings (SSSR count). The predicted octanol–water partition coefficient (Wildman–Crippen LogP) is -0.193. The fourth-order valence-electron chi connectivity index (χ4n) is 1.38. The van der Waals surface area contributed by atoms with Gasteiger partial charge in [-0.1, -0.05) is 6.92 Å². The zero-order valence-electron chi connectivity index (χ0n) is 12.4. The maximum Gasteiger partial charge on any atom is 0.323 e. The molecule has 21 heavy (non-hydrogen) atoms. The van der Waals surface area contributed by atoms with Crippen LogP contribution in [0.25, 0.3) is 0 Å². The van der Waals surface area contributed by atoms with Crippen LogP contribution in [-0.4, -0.2) is 54.3 Å². The molecule has 0 unspecified atom stereocenters. The molecule has 1 aromatic rings. The predicted molar refractivity (Wildman–Crippen MR) is 78.0 cm³/mol. The van der Waals surface area contributed by atoms with Gasteiger partial charge in [0.2, 0.25) is 17.8 Å². The highest BCUT2D eigenvalue weighted by molar-refractivity contribution is 5.76. The largest absolute Gasteiger partial charge is 0.463 e. The molecule has 0 saturated carbocycles. The van der Waals surface area contributed by atoms with Gasteiger partial charge in [-0.2, -0.15) is 15.0 Å². The number of nitrogen functional groups attached to an aromatic ring is 1. The van der Waals surface area contributed by atoms with E-state index in [2.05, 4.69) is 25.6 Å². The van der Waals surface area contributed by atoms with Crippen LogP contribution < -0.4 is 21.1 Å². The fourth-order valence-corrected chi connectivity index (χ4v) is 1.38. The number of methoxy groups -OCH3 is 1. The topological polar surface area (TPSA) is 124 Å². The lowest BCUT2D eigenvalue weighted by atomic mass is 10.4. The maximum absolute atomic E-state index is 11.5. The quantitative estimate of drug-likeness (QED) is 0.508. The van der Waals surface area contributed by atoms with Crippen molar-refractivity contribution < 1.29 is 14.3 Å². The zero-order valence-corrected chi connectivity index (χ0v) is 12.4. The molecule has 1 aromatic heterocycles. The molecule has 9 nitrogen and oxygen atoms in total. The summed E-state index contributed by atoms with van der Waals surface area (Å²) in [4.78, 5) is 23.3. The van der Waals surface area contributed by atoms with Crippen molar-refractivity contribution in [3.05, 3.63) is 0 Å². The average molecular weight is 298 g/mol. The summed E-state index contributed by atoms with van der Waals surface area (Å²) in [5.74, 6) is 0.283. The second kappa shape index (κ2) is 9.70. The molecule has 0 spiro atoms. The first-order valence-electron chi connectivity index (χ1n) is 6.79. The van der Waals surface area contributed by atoms with Gasteiger partial charge in [-0.25, -0.2) is 0 Å². The molecule has 118 valence electrons. The van der Waals surface area contributed by atoms with E-state index < -0.39 is 0 Å². The number of ether oxygens (including phenoxy) is 2. The summed E-state index contributed by atoms with van der Waals surface area (Å²) < 4.78 is 10.1. The number of nitrogens with one attached hydrogen (secondary N) is 2. The lowest BCUT2D eigenvalue weighted by Crippen LogP contribution is -2.28. The molecular weight excluding hydrogens is 276 g/mol. The van der Waals surface area contributed by atoms with Gasteiger partial charge in [0.1, 0.15) is 0 Å². The zero-order chi connectivity index (χ0) is 15.5. The van der Waals surface area contributed by atoms with E-state index in [1.54, 1.807) is 7.11 Å². The fraction of sp³-hybridized carbons (Fsp3) is 0.667. The Hall–Kier alpha value is -2.16. The SMILES string of the molecule is CCCOc1nc(N)nc(NCCC(=O)NCCOC)n1. The van der Waals surface area contributed by atoms with Crippen molar-refractivity contribution in [2.45, 2.75) is 19.8 Å². The third kappa shape index (κ3) is 7.25. The smallest absolute Gasteiger partial charge is 0.323 e. The first kappa shape index (κ1) is 16.9. The van der Waals surface area contributed by atoms with Gasteiger partial charge < -0.3 is 25.8 Å². The Morgan fingerprint density at radius 1 is 1.24 bits per heavy atom. The molecule has 0 aliphatic heterocycles. The standard InChI is InChI=1S/C12H22N6O3/c1-3-7-21-12-17-10(13)16-11(18-12)15-5-4-9(19)14-6-8-20-2/h3-8H2,1-2H3,(H,14,19)(H3,13,15,16,17,18). The minimum atomic E-state index is -0.0796. The minimum absolute atomic E-state index is 0.0724. The highest BCUT2D eigenvalue weighted by Gasteiger charge is 2.06. The number of nitrogens with two attached hydrogens (primary N) is 1. The van der Waals surface area contributed by atoms with Crippen LogP contribution in [0, 0.1) is 0 Å². The summed E-state index contributed by atoms with van der Waals surface area (Å²) >= 11 is 0. The number of carbonyl (C=O) groups is 1. The van der Waals surface area contributed by atoms with E-state index in [-0.39, 0.29) is 17.9 Å². The normalized spacial score (nSPS) is 10.2. The number of anilines is 2. The van der Waals surface area contributed by atoms with Gasteiger partial charge in [0.25, 0.3) is 0 Å². The van der Waals surface area contributed by atoms with Crippen LogP contribution in [0.15, 0.2) is 0 Å². The second-order valence-corrected chi connectivity index (χ2v) is 4.17. The van der Waals surface area contributed by atoms with Gasteiger partial charge >= 0.3 is 6.01 Å². The minimum Gasteiger partial charge on any atom is -0.463 e. The Balaban J connectivity index is 2.37. The van der Waals surface area contributed by atoms with E-state index in [0.29, 0.717) is 38.7 Å². The molecule has 1 heterocycles. The Morgan fingerprint density at radius 3 is 2.76 bits per heavy atom. The molecule has 0 aliphatic carbocycles. The molecule has 0 atom stereocenters. The Bertz CT molecular complexity index is 443. The average Bonchev–Trinajstić information content (AvgIpc) is 2.45. The molecule has 0 radical (unpaired) electrons. The van der Waals surface area contributed by atoms with E-state index in [1.165, 1.54) is 0 Å². The number of nitrogens with zero attached hydrogens (tertiary/aromatic N) is 3. The van der Waals surface area contributed by atoms with Crippen LogP contribution in [0.1, 0.15) is 19.8 Å². The Morgan fingerprint density at radius 2 is 2.05 bits per heavy atom. The highest BCUT2D eigenvalue weighted by atomic mass is 16.5. The van der Waals surface area contributed by atoms with Gasteiger partial charge in [0, 0.05) is 26.6 Å². The number of hydrogen-bond acceptors (Lipinski definition) is 8. The first-order chi connectivity index (χ1) is 10.2. The van der Waals surface area contributed by atoms with Gasteiger partial charge in [-0.15, -0.1) is 0 Å². The van der Waals surface area contributed by atoms with Crippen molar-refractivity contribution in [3.8, 4) is 6.01 Å². The Labute approximate surface area is 123 Å². The number of amides is 1. The Kier molecular flexibility index (Phi) is 7.80. The van der Waals surface area contributed by atoms with Crippen molar-refractivity contribution in [2.24, 2.45) is 0 Å². The van der Waals surface area contributed by atoms with Gasteiger partial charge in [0.05, 0.1) is 13.2 Å². The third-order valence-electron chi connectivity index (χ3n) is 2.33. The molecule has 0 aromatic carbocycles. The van der Waals surface area contributed by atoms with Crippen molar-refractivity contribution in [3.63, 3.8) is 0 Å². The third-order valence-corrected chi connectivity index (χ3v) is 2.33. The monoisotopic (exact) mass is 298 g/mol. The molecular formula is C12H22N6O3. The summed E-state index contributed by atoms with van der Waals surface area (Å²) in [7, 11) is 1.58.